The van der Waals surface area contributed by atoms with Crippen molar-refractivity contribution in [1.82, 2.24) is 4.98 Å². The summed E-state index contributed by atoms with van der Waals surface area (Å²) in [4.78, 5) is 4.37. The highest BCUT2D eigenvalue weighted by Gasteiger charge is 2.10. The van der Waals surface area contributed by atoms with E-state index < -0.39 is 0 Å². The Hall–Kier alpha value is -0.790. The largest absolute Gasteiger partial charge is 0.234 e. The van der Waals surface area contributed by atoms with Crippen LogP contribution in [0.3, 0.4) is 0 Å². The van der Waals surface area contributed by atoms with Gasteiger partial charge < -0.3 is 0 Å². The minimum absolute atomic E-state index is 0.365. The van der Waals surface area contributed by atoms with Gasteiger partial charge in [0, 0.05) is 5.39 Å². The van der Waals surface area contributed by atoms with Crippen molar-refractivity contribution < 1.29 is 0 Å². The maximum atomic E-state index is 6.15. The number of rotatable bonds is 1. The predicted octanol–water partition coefficient (Wildman–Crippen LogP) is 4.97. The first kappa shape index (κ1) is 11.7. The summed E-state index contributed by atoms with van der Waals surface area (Å²) in [7, 11) is 0. The Kier molecular flexibility index (Phi) is 3.09. The first-order valence-electron chi connectivity index (χ1n) is 5.25. The van der Waals surface area contributed by atoms with Gasteiger partial charge in [0.05, 0.1) is 10.5 Å². The molecular formula is C13H13Cl2N. The molecule has 0 radical (unpaired) electrons. The fourth-order valence-electron chi connectivity index (χ4n) is 1.78. The molecule has 1 nitrogen and oxygen atoms in total. The summed E-state index contributed by atoms with van der Waals surface area (Å²) >= 11 is 12.3. The number of aromatic nitrogens is 1. The van der Waals surface area contributed by atoms with E-state index in [1.54, 1.807) is 0 Å². The van der Waals surface area contributed by atoms with Gasteiger partial charge in [0.15, 0.2) is 0 Å². The molecule has 0 aliphatic heterocycles. The molecule has 0 saturated heterocycles. The summed E-state index contributed by atoms with van der Waals surface area (Å²) in [6.07, 6.45) is 0. The lowest BCUT2D eigenvalue weighted by Crippen LogP contribution is -1.93. The zero-order chi connectivity index (χ0) is 11.9. The highest BCUT2D eigenvalue weighted by molar-refractivity contribution is 6.36. The normalized spacial score (nSPS) is 11.4. The van der Waals surface area contributed by atoms with E-state index >= 15 is 0 Å². The Bertz CT molecular complexity index is 547. The van der Waals surface area contributed by atoms with Crippen molar-refractivity contribution in [1.29, 1.82) is 0 Å². The molecule has 0 aliphatic carbocycles. The Balaban J connectivity index is 2.79. The molecule has 0 N–H and O–H groups in total. The van der Waals surface area contributed by atoms with Gasteiger partial charge in [-0.3, -0.25) is 0 Å². The van der Waals surface area contributed by atoms with Crippen LogP contribution in [0.5, 0.6) is 0 Å². The number of fused-ring (bicyclic) bond motifs is 1. The van der Waals surface area contributed by atoms with Gasteiger partial charge in [-0.25, -0.2) is 4.98 Å². The molecule has 0 unspecified atom stereocenters. The number of hydrogen-bond acceptors (Lipinski definition) is 1. The molecule has 0 spiro atoms. The monoisotopic (exact) mass is 253 g/mol. The SMILES string of the molecule is Cc1cc(Cl)c2nc(Cl)c(C(C)C)cc2c1. The fraction of sp³-hybridized carbons (Fsp3) is 0.308. The minimum Gasteiger partial charge on any atom is -0.234 e. The van der Waals surface area contributed by atoms with E-state index in [0.29, 0.717) is 16.1 Å². The molecule has 0 fully saturated rings. The molecule has 0 atom stereocenters. The number of nitrogens with zero attached hydrogens (tertiary/aromatic N) is 1. The van der Waals surface area contributed by atoms with Gasteiger partial charge in [-0.1, -0.05) is 37.0 Å². The lowest BCUT2D eigenvalue weighted by Gasteiger charge is -2.10. The van der Waals surface area contributed by atoms with E-state index in [0.717, 1.165) is 22.0 Å². The summed E-state index contributed by atoms with van der Waals surface area (Å²) < 4.78 is 0. The van der Waals surface area contributed by atoms with Gasteiger partial charge in [-0.2, -0.15) is 0 Å². The van der Waals surface area contributed by atoms with E-state index in [4.69, 9.17) is 23.2 Å². The van der Waals surface area contributed by atoms with E-state index in [2.05, 4.69) is 31.0 Å². The van der Waals surface area contributed by atoms with Crippen molar-refractivity contribution >= 4 is 34.1 Å². The molecule has 3 heteroatoms. The van der Waals surface area contributed by atoms with Crippen LogP contribution < -0.4 is 0 Å². The number of hydrogen-bond donors (Lipinski definition) is 0. The lowest BCUT2D eigenvalue weighted by molar-refractivity contribution is 0.862. The molecule has 16 heavy (non-hydrogen) atoms. The Morgan fingerprint density at radius 3 is 2.44 bits per heavy atom. The van der Waals surface area contributed by atoms with E-state index in [1.807, 2.05) is 13.0 Å². The van der Waals surface area contributed by atoms with Crippen molar-refractivity contribution in [2.45, 2.75) is 26.7 Å². The molecule has 2 rings (SSSR count). The zero-order valence-electron chi connectivity index (χ0n) is 9.51. The Labute approximate surface area is 105 Å². The molecule has 0 saturated carbocycles. The van der Waals surface area contributed by atoms with Crippen LogP contribution in [0.2, 0.25) is 10.2 Å². The quantitative estimate of drug-likeness (QED) is 0.654. The molecule has 0 bridgehead atoms. The van der Waals surface area contributed by atoms with Crippen molar-refractivity contribution in [3.63, 3.8) is 0 Å². The Morgan fingerprint density at radius 1 is 1.12 bits per heavy atom. The van der Waals surface area contributed by atoms with E-state index in [1.165, 1.54) is 0 Å². The molecule has 1 aromatic heterocycles. The van der Waals surface area contributed by atoms with Gasteiger partial charge in [-0.05, 0) is 42.2 Å². The third-order valence-corrected chi connectivity index (χ3v) is 3.21. The summed E-state index contributed by atoms with van der Waals surface area (Å²) in [6.45, 7) is 6.23. The molecule has 84 valence electrons. The zero-order valence-corrected chi connectivity index (χ0v) is 11.0. The van der Waals surface area contributed by atoms with Crippen LogP contribution in [0.25, 0.3) is 10.9 Å². The average Bonchev–Trinajstić information content (AvgIpc) is 2.18. The number of aryl methyl sites for hydroxylation is 1. The lowest BCUT2D eigenvalue weighted by atomic mass is 10.0. The standard InChI is InChI=1S/C13H13Cl2N/c1-7(2)10-6-9-4-8(3)5-11(14)12(9)16-13(10)15/h4-7H,1-3H3. The van der Waals surface area contributed by atoms with Crippen LogP contribution in [0.4, 0.5) is 0 Å². The highest BCUT2D eigenvalue weighted by atomic mass is 35.5. The van der Waals surface area contributed by atoms with Gasteiger partial charge in [0.25, 0.3) is 0 Å². The van der Waals surface area contributed by atoms with Gasteiger partial charge >= 0.3 is 0 Å². The van der Waals surface area contributed by atoms with E-state index in [9.17, 15) is 0 Å². The first-order chi connectivity index (χ1) is 7.49. The van der Waals surface area contributed by atoms with Crippen LogP contribution in [0.1, 0.15) is 30.9 Å². The molecule has 0 aliphatic rings. The van der Waals surface area contributed by atoms with Crippen LogP contribution in [-0.4, -0.2) is 4.98 Å². The summed E-state index contributed by atoms with van der Waals surface area (Å²) in [6, 6.07) is 6.06. The molecule has 2 aromatic rings. The molecular weight excluding hydrogens is 241 g/mol. The van der Waals surface area contributed by atoms with Gasteiger partial charge in [-0.15, -0.1) is 0 Å². The highest BCUT2D eigenvalue weighted by Crippen LogP contribution is 2.30. The number of benzene rings is 1. The summed E-state index contributed by atoms with van der Waals surface area (Å²) in [5, 5.41) is 2.26. The second-order valence-electron chi connectivity index (χ2n) is 4.34. The second-order valence-corrected chi connectivity index (χ2v) is 5.11. The third kappa shape index (κ3) is 2.02. The van der Waals surface area contributed by atoms with Crippen molar-refractivity contribution in [2.75, 3.05) is 0 Å². The van der Waals surface area contributed by atoms with Crippen molar-refractivity contribution in [3.8, 4) is 0 Å². The van der Waals surface area contributed by atoms with Crippen LogP contribution in [0.15, 0.2) is 18.2 Å². The Morgan fingerprint density at radius 2 is 1.81 bits per heavy atom. The number of pyridine rings is 1. The maximum absolute atomic E-state index is 6.15. The molecule has 1 aromatic carbocycles. The van der Waals surface area contributed by atoms with Crippen LogP contribution in [-0.2, 0) is 0 Å². The fourth-order valence-corrected chi connectivity index (χ4v) is 2.46. The van der Waals surface area contributed by atoms with Crippen molar-refractivity contribution in [2.24, 2.45) is 0 Å². The smallest absolute Gasteiger partial charge is 0.133 e. The first-order valence-corrected chi connectivity index (χ1v) is 6.01. The topological polar surface area (TPSA) is 12.9 Å². The number of halogens is 2. The van der Waals surface area contributed by atoms with Gasteiger partial charge in [0.1, 0.15) is 5.15 Å². The second kappa shape index (κ2) is 4.23. The van der Waals surface area contributed by atoms with Crippen LogP contribution >= 0.6 is 23.2 Å². The minimum atomic E-state index is 0.365. The maximum Gasteiger partial charge on any atom is 0.133 e. The third-order valence-electron chi connectivity index (χ3n) is 2.62. The molecule has 1 heterocycles. The molecule has 0 amide bonds. The van der Waals surface area contributed by atoms with Crippen LogP contribution in [0, 0.1) is 6.92 Å². The average molecular weight is 254 g/mol. The summed E-state index contributed by atoms with van der Waals surface area (Å²) in [5.41, 5.74) is 2.98. The van der Waals surface area contributed by atoms with Crippen molar-refractivity contribution in [3.05, 3.63) is 39.5 Å². The predicted molar refractivity (Wildman–Crippen MR) is 70.6 cm³/mol. The summed E-state index contributed by atoms with van der Waals surface area (Å²) in [5.74, 6) is 0.365. The van der Waals surface area contributed by atoms with E-state index in [-0.39, 0.29) is 0 Å². The van der Waals surface area contributed by atoms with Gasteiger partial charge in [0.2, 0.25) is 0 Å².